The van der Waals surface area contributed by atoms with Crippen molar-refractivity contribution in [1.82, 2.24) is 14.4 Å². The van der Waals surface area contributed by atoms with Crippen LogP contribution in [-0.2, 0) is 23.1 Å². The second kappa shape index (κ2) is 8.49. The van der Waals surface area contributed by atoms with Crippen molar-refractivity contribution in [3.63, 3.8) is 0 Å². The summed E-state index contributed by atoms with van der Waals surface area (Å²) in [7, 11) is -2.39. The molecule has 0 atom stereocenters. The smallest absolute Gasteiger partial charge is 0.264 e. The van der Waals surface area contributed by atoms with E-state index in [-0.39, 0.29) is 24.5 Å². The van der Waals surface area contributed by atoms with Crippen LogP contribution in [0.25, 0.3) is 0 Å². The Bertz CT molecular complexity index is 1040. The van der Waals surface area contributed by atoms with E-state index < -0.39 is 15.8 Å². The molecule has 28 heavy (non-hydrogen) atoms. The fourth-order valence-electron chi connectivity index (χ4n) is 2.51. The molecule has 0 N–H and O–H groups in total. The van der Waals surface area contributed by atoms with Gasteiger partial charge in [-0.1, -0.05) is 29.4 Å². The van der Waals surface area contributed by atoms with Gasteiger partial charge in [0, 0.05) is 20.0 Å². The molecule has 0 aliphatic heterocycles. The van der Waals surface area contributed by atoms with E-state index in [0.717, 1.165) is 10.4 Å². The van der Waals surface area contributed by atoms with Gasteiger partial charge in [-0.15, -0.1) is 0 Å². The molecule has 7 nitrogen and oxygen atoms in total. The number of sulfonamides is 1. The van der Waals surface area contributed by atoms with Gasteiger partial charge in [-0.25, -0.2) is 17.1 Å². The Labute approximate surface area is 162 Å². The third-order valence-corrected chi connectivity index (χ3v) is 6.10. The molecule has 2 aromatic carbocycles. The minimum Gasteiger partial charge on any atom is -0.484 e. The van der Waals surface area contributed by atoms with Crippen LogP contribution in [0.4, 0.5) is 4.39 Å². The van der Waals surface area contributed by atoms with Crippen molar-refractivity contribution in [2.45, 2.75) is 24.8 Å². The third kappa shape index (κ3) is 4.73. The number of ether oxygens (including phenoxy) is 1. The van der Waals surface area contributed by atoms with Gasteiger partial charge < -0.3 is 9.26 Å². The van der Waals surface area contributed by atoms with Crippen molar-refractivity contribution >= 4 is 10.0 Å². The number of aromatic nitrogens is 2. The highest BCUT2D eigenvalue weighted by Crippen LogP contribution is 2.20. The SMILES string of the molecule is Cc1ccc(F)cc1S(=O)(=O)N(C)CCc1noc(COc2ccccc2)n1. The minimum atomic E-state index is -3.82. The molecule has 3 aromatic rings. The van der Waals surface area contributed by atoms with Gasteiger partial charge in [-0.3, -0.25) is 0 Å². The first kappa shape index (κ1) is 20.0. The summed E-state index contributed by atoms with van der Waals surface area (Å²) in [6, 6.07) is 12.9. The molecule has 0 unspecified atom stereocenters. The van der Waals surface area contributed by atoms with E-state index in [4.69, 9.17) is 9.26 Å². The number of hydrogen-bond donors (Lipinski definition) is 0. The van der Waals surface area contributed by atoms with Gasteiger partial charge in [0.15, 0.2) is 12.4 Å². The number of aryl methyl sites for hydroxylation is 1. The van der Waals surface area contributed by atoms with E-state index in [9.17, 15) is 12.8 Å². The van der Waals surface area contributed by atoms with Crippen LogP contribution in [0.1, 0.15) is 17.3 Å². The summed E-state index contributed by atoms with van der Waals surface area (Å²) >= 11 is 0. The molecule has 1 aromatic heterocycles. The Morgan fingerprint density at radius 3 is 2.68 bits per heavy atom. The summed E-state index contributed by atoms with van der Waals surface area (Å²) in [5, 5.41) is 3.84. The molecule has 9 heteroatoms. The molecule has 148 valence electrons. The third-order valence-electron chi connectivity index (χ3n) is 4.10. The second-order valence-electron chi connectivity index (χ2n) is 6.19. The van der Waals surface area contributed by atoms with Gasteiger partial charge in [0.1, 0.15) is 11.6 Å². The molecular formula is C19H20FN3O4S. The summed E-state index contributed by atoms with van der Waals surface area (Å²) in [6.07, 6.45) is 0.249. The molecule has 0 fully saturated rings. The lowest BCUT2D eigenvalue weighted by Gasteiger charge is -2.17. The van der Waals surface area contributed by atoms with Crippen molar-refractivity contribution < 1.29 is 22.1 Å². The standard InChI is InChI=1S/C19H20FN3O4S/c1-14-8-9-15(20)12-17(14)28(24,25)23(2)11-10-18-21-19(27-22-18)13-26-16-6-4-3-5-7-16/h3-9,12H,10-11,13H2,1-2H3. The van der Waals surface area contributed by atoms with Crippen molar-refractivity contribution in [3.05, 3.63) is 71.6 Å². The van der Waals surface area contributed by atoms with Crippen LogP contribution in [0.5, 0.6) is 5.75 Å². The van der Waals surface area contributed by atoms with Gasteiger partial charge in [0.2, 0.25) is 10.0 Å². The predicted octanol–water partition coefficient (Wildman–Crippen LogP) is 2.96. The highest BCUT2D eigenvalue weighted by Gasteiger charge is 2.23. The zero-order valence-corrected chi connectivity index (χ0v) is 16.3. The molecule has 0 aliphatic rings. The van der Waals surface area contributed by atoms with Gasteiger partial charge in [-0.2, -0.15) is 4.98 Å². The fourth-order valence-corrected chi connectivity index (χ4v) is 3.91. The predicted molar refractivity (Wildman–Crippen MR) is 99.7 cm³/mol. The highest BCUT2D eigenvalue weighted by atomic mass is 32.2. The lowest BCUT2D eigenvalue weighted by Crippen LogP contribution is -2.29. The number of para-hydroxylation sites is 1. The van der Waals surface area contributed by atoms with Crippen molar-refractivity contribution in [2.75, 3.05) is 13.6 Å². The zero-order valence-electron chi connectivity index (χ0n) is 15.5. The molecule has 0 saturated carbocycles. The van der Waals surface area contributed by atoms with Crippen LogP contribution in [0.2, 0.25) is 0 Å². The fraction of sp³-hybridized carbons (Fsp3) is 0.263. The lowest BCUT2D eigenvalue weighted by atomic mass is 10.2. The van der Waals surface area contributed by atoms with Gasteiger partial charge in [0.05, 0.1) is 4.90 Å². The molecule has 0 spiro atoms. The van der Waals surface area contributed by atoms with Gasteiger partial charge in [0.25, 0.3) is 5.89 Å². The maximum Gasteiger partial charge on any atom is 0.264 e. The monoisotopic (exact) mass is 405 g/mol. The molecule has 0 amide bonds. The molecule has 3 rings (SSSR count). The van der Waals surface area contributed by atoms with E-state index in [0.29, 0.717) is 23.0 Å². The summed E-state index contributed by atoms with van der Waals surface area (Å²) < 4.78 is 50.6. The van der Waals surface area contributed by atoms with Crippen LogP contribution in [0, 0.1) is 12.7 Å². The van der Waals surface area contributed by atoms with E-state index in [2.05, 4.69) is 10.1 Å². The highest BCUT2D eigenvalue weighted by molar-refractivity contribution is 7.89. The Morgan fingerprint density at radius 1 is 1.18 bits per heavy atom. The Hall–Kier alpha value is -2.78. The number of likely N-dealkylation sites (N-methyl/N-ethyl adjacent to an activating group) is 1. The maximum absolute atomic E-state index is 13.5. The first-order valence-electron chi connectivity index (χ1n) is 8.58. The summed E-state index contributed by atoms with van der Waals surface area (Å²) in [4.78, 5) is 4.14. The van der Waals surface area contributed by atoms with Crippen LogP contribution in [-0.4, -0.2) is 36.5 Å². The molecule has 0 bridgehead atoms. The number of rotatable bonds is 8. The van der Waals surface area contributed by atoms with Crippen molar-refractivity contribution in [3.8, 4) is 5.75 Å². The topological polar surface area (TPSA) is 85.5 Å². The number of nitrogens with zero attached hydrogens (tertiary/aromatic N) is 3. The lowest BCUT2D eigenvalue weighted by molar-refractivity contribution is 0.242. The largest absolute Gasteiger partial charge is 0.484 e. The molecule has 0 aliphatic carbocycles. The number of hydrogen-bond acceptors (Lipinski definition) is 6. The average Bonchev–Trinajstić information content (AvgIpc) is 3.15. The average molecular weight is 405 g/mol. The van der Waals surface area contributed by atoms with Crippen LogP contribution in [0.3, 0.4) is 0 Å². The Kier molecular flexibility index (Phi) is 6.05. The second-order valence-corrected chi connectivity index (χ2v) is 8.21. The van der Waals surface area contributed by atoms with E-state index in [1.807, 2.05) is 30.3 Å². The molecule has 0 saturated heterocycles. The van der Waals surface area contributed by atoms with Crippen molar-refractivity contribution in [1.29, 1.82) is 0 Å². The maximum atomic E-state index is 13.5. The van der Waals surface area contributed by atoms with Gasteiger partial charge in [-0.05, 0) is 36.8 Å². The summed E-state index contributed by atoms with van der Waals surface area (Å²) in [5.41, 5.74) is 0.480. The normalized spacial score (nSPS) is 11.7. The molecule has 1 heterocycles. The minimum absolute atomic E-state index is 0.0555. The van der Waals surface area contributed by atoms with E-state index in [1.54, 1.807) is 6.92 Å². The first-order valence-corrected chi connectivity index (χ1v) is 10.0. The van der Waals surface area contributed by atoms with Crippen LogP contribution < -0.4 is 4.74 Å². The Balaban J connectivity index is 1.59. The molecular weight excluding hydrogens is 385 g/mol. The Morgan fingerprint density at radius 2 is 1.93 bits per heavy atom. The number of halogens is 1. The van der Waals surface area contributed by atoms with Crippen LogP contribution in [0.15, 0.2) is 57.9 Å². The van der Waals surface area contributed by atoms with E-state index >= 15 is 0 Å². The number of benzene rings is 2. The summed E-state index contributed by atoms with van der Waals surface area (Å²) in [6.45, 7) is 1.86. The quantitative estimate of drug-likeness (QED) is 0.573. The van der Waals surface area contributed by atoms with Crippen LogP contribution >= 0.6 is 0 Å². The summed E-state index contributed by atoms with van der Waals surface area (Å²) in [5.74, 6) is 0.743. The van der Waals surface area contributed by atoms with E-state index in [1.165, 1.54) is 19.2 Å². The first-order chi connectivity index (χ1) is 13.4. The van der Waals surface area contributed by atoms with Crippen molar-refractivity contribution in [2.24, 2.45) is 0 Å². The van der Waals surface area contributed by atoms with Gasteiger partial charge >= 0.3 is 0 Å². The molecule has 0 radical (unpaired) electrons. The zero-order chi connectivity index (χ0) is 20.1.